The Balaban J connectivity index is 1.85. The number of hydrogen-bond donors (Lipinski definition) is 0. The topological polar surface area (TPSA) is 59.1 Å². The molecule has 31 heavy (non-hydrogen) atoms. The lowest BCUT2D eigenvalue weighted by atomic mass is 10.0. The molecule has 2 aromatic carbocycles. The standard InChI is InChI=1S/C24H25ClN2O4/c1-14-12-26(13-15(2)31-14)22-21(17-8-10-18(30-4)11-9-17)23(28)27(24(22)29)20-7-5-6-19(25)16(20)3/h5-11,14-15H,12-13H2,1-4H3. The van der Waals surface area contributed by atoms with Crippen LogP contribution in [-0.4, -0.2) is 49.1 Å². The molecular formula is C24H25ClN2O4. The molecule has 2 atom stereocenters. The van der Waals surface area contributed by atoms with Gasteiger partial charge in [-0.15, -0.1) is 0 Å². The molecule has 2 amide bonds. The average molecular weight is 441 g/mol. The highest BCUT2D eigenvalue weighted by Crippen LogP contribution is 2.38. The molecule has 6 nitrogen and oxygen atoms in total. The molecule has 2 aliphatic rings. The summed E-state index contributed by atoms with van der Waals surface area (Å²) in [6.07, 6.45) is -0.114. The van der Waals surface area contributed by atoms with E-state index in [0.717, 1.165) is 0 Å². The van der Waals surface area contributed by atoms with E-state index in [9.17, 15) is 9.59 Å². The van der Waals surface area contributed by atoms with Gasteiger partial charge in [0, 0.05) is 18.1 Å². The van der Waals surface area contributed by atoms with Crippen LogP contribution in [0.4, 0.5) is 5.69 Å². The van der Waals surface area contributed by atoms with E-state index in [4.69, 9.17) is 21.1 Å². The van der Waals surface area contributed by atoms with Crippen LogP contribution in [-0.2, 0) is 14.3 Å². The van der Waals surface area contributed by atoms with E-state index in [2.05, 4.69) is 0 Å². The molecular weight excluding hydrogens is 416 g/mol. The van der Waals surface area contributed by atoms with E-state index in [1.807, 2.05) is 25.7 Å². The third kappa shape index (κ3) is 3.82. The van der Waals surface area contributed by atoms with Gasteiger partial charge in [-0.3, -0.25) is 9.59 Å². The van der Waals surface area contributed by atoms with E-state index in [0.29, 0.717) is 51.9 Å². The van der Waals surface area contributed by atoms with Gasteiger partial charge in [0.15, 0.2) is 0 Å². The van der Waals surface area contributed by atoms with Gasteiger partial charge in [0.05, 0.1) is 30.6 Å². The van der Waals surface area contributed by atoms with E-state index < -0.39 is 0 Å². The van der Waals surface area contributed by atoms with Crippen LogP contribution in [0.25, 0.3) is 5.57 Å². The number of imide groups is 1. The maximum absolute atomic E-state index is 13.7. The van der Waals surface area contributed by atoms with Crippen LogP contribution in [0.1, 0.15) is 25.0 Å². The van der Waals surface area contributed by atoms with Gasteiger partial charge in [-0.1, -0.05) is 29.8 Å². The number of benzene rings is 2. The fraction of sp³-hybridized carbons (Fsp3) is 0.333. The molecule has 2 unspecified atom stereocenters. The second kappa shape index (κ2) is 8.36. The number of carbonyl (C=O) groups is 2. The fourth-order valence-corrected chi connectivity index (χ4v) is 4.42. The second-order valence-corrected chi connectivity index (χ2v) is 8.35. The largest absolute Gasteiger partial charge is 0.497 e. The summed E-state index contributed by atoms with van der Waals surface area (Å²) in [5.74, 6) is -0.0244. The van der Waals surface area contributed by atoms with E-state index in [1.54, 1.807) is 49.6 Å². The molecule has 162 valence electrons. The van der Waals surface area contributed by atoms with Gasteiger partial charge in [-0.25, -0.2) is 4.90 Å². The van der Waals surface area contributed by atoms with Gasteiger partial charge in [0.1, 0.15) is 11.4 Å². The number of ether oxygens (including phenoxy) is 2. The number of nitrogens with zero attached hydrogens (tertiary/aromatic N) is 2. The first-order valence-corrected chi connectivity index (χ1v) is 10.6. The summed E-state index contributed by atoms with van der Waals surface area (Å²) >= 11 is 6.29. The number of methoxy groups -OCH3 is 1. The lowest BCUT2D eigenvalue weighted by Crippen LogP contribution is -2.47. The molecule has 4 rings (SSSR count). The van der Waals surface area contributed by atoms with Crippen LogP contribution < -0.4 is 9.64 Å². The fourth-order valence-electron chi connectivity index (χ4n) is 4.25. The smallest absolute Gasteiger partial charge is 0.282 e. The monoisotopic (exact) mass is 440 g/mol. The van der Waals surface area contributed by atoms with Crippen molar-refractivity contribution in [2.45, 2.75) is 33.0 Å². The number of hydrogen-bond acceptors (Lipinski definition) is 5. The highest BCUT2D eigenvalue weighted by molar-refractivity contribution is 6.46. The molecule has 0 radical (unpaired) electrons. The molecule has 0 spiro atoms. The zero-order valence-corrected chi connectivity index (χ0v) is 18.8. The van der Waals surface area contributed by atoms with Crippen molar-refractivity contribution < 1.29 is 19.1 Å². The van der Waals surface area contributed by atoms with Crippen LogP contribution >= 0.6 is 11.6 Å². The van der Waals surface area contributed by atoms with Crippen molar-refractivity contribution in [2.75, 3.05) is 25.1 Å². The number of carbonyl (C=O) groups excluding carboxylic acids is 2. The minimum Gasteiger partial charge on any atom is -0.497 e. The predicted molar refractivity (Wildman–Crippen MR) is 120 cm³/mol. The molecule has 7 heteroatoms. The summed E-state index contributed by atoms with van der Waals surface area (Å²) in [5, 5.41) is 0.506. The van der Waals surface area contributed by atoms with Gasteiger partial charge in [0.25, 0.3) is 11.8 Å². The summed E-state index contributed by atoms with van der Waals surface area (Å²) in [6.45, 7) is 6.80. The van der Waals surface area contributed by atoms with Crippen LogP contribution in [0.15, 0.2) is 48.2 Å². The number of anilines is 1. The Labute approximate surface area is 187 Å². The lowest BCUT2D eigenvalue weighted by molar-refractivity contribution is -0.121. The highest BCUT2D eigenvalue weighted by Gasteiger charge is 2.44. The minimum absolute atomic E-state index is 0.0572. The first kappa shape index (κ1) is 21.4. The highest BCUT2D eigenvalue weighted by atomic mass is 35.5. The Kier molecular flexibility index (Phi) is 5.77. The van der Waals surface area contributed by atoms with Crippen molar-refractivity contribution in [1.82, 2.24) is 4.90 Å². The lowest BCUT2D eigenvalue weighted by Gasteiger charge is -2.37. The van der Waals surface area contributed by atoms with Crippen molar-refractivity contribution in [3.05, 3.63) is 64.3 Å². The van der Waals surface area contributed by atoms with Crippen LogP contribution in [0.3, 0.4) is 0 Å². The Morgan fingerprint density at radius 2 is 1.65 bits per heavy atom. The quantitative estimate of drug-likeness (QED) is 0.671. The molecule has 1 saturated heterocycles. The Morgan fingerprint density at radius 3 is 2.26 bits per heavy atom. The molecule has 0 aromatic heterocycles. The van der Waals surface area contributed by atoms with Gasteiger partial charge < -0.3 is 14.4 Å². The first-order valence-electron chi connectivity index (χ1n) is 10.2. The number of rotatable bonds is 4. The summed E-state index contributed by atoms with van der Waals surface area (Å²) in [5.41, 5.74) is 2.63. The predicted octanol–water partition coefficient (Wildman–Crippen LogP) is 4.05. The Hall–Kier alpha value is -2.83. The second-order valence-electron chi connectivity index (χ2n) is 7.94. The number of halogens is 1. The summed E-state index contributed by atoms with van der Waals surface area (Å²) < 4.78 is 11.1. The first-order chi connectivity index (χ1) is 14.8. The van der Waals surface area contributed by atoms with Gasteiger partial charge in [-0.05, 0) is 56.2 Å². The van der Waals surface area contributed by atoms with Gasteiger partial charge in [-0.2, -0.15) is 0 Å². The maximum Gasteiger partial charge on any atom is 0.282 e. The molecule has 0 N–H and O–H groups in total. The van der Waals surface area contributed by atoms with Crippen molar-refractivity contribution in [1.29, 1.82) is 0 Å². The molecule has 0 aliphatic carbocycles. The van der Waals surface area contributed by atoms with Gasteiger partial charge in [0.2, 0.25) is 0 Å². The van der Waals surface area contributed by atoms with Crippen molar-refractivity contribution in [3.8, 4) is 5.75 Å². The SMILES string of the molecule is COc1ccc(C2=C(N3CC(C)OC(C)C3)C(=O)N(c3cccc(Cl)c3C)C2=O)cc1. The van der Waals surface area contributed by atoms with Crippen molar-refractivity contribution in [2.24, 2.45) is 0 Å². The minimum atomic E-state index is -0.359. The molecule has 2 aliphatic heterocycles. The zero-order valence-electron chi connectivity index (χ0n) is 18.0. The van der Waals surface area contributed by atoms with Crippen molar-refractivity contribution in [3.63, 3.8) is 0 Å². The van der Waals surface area contributed by atoms with E-state index >= 15 is 0 Å². The molecule has 2 aromatic rings. The Bertz CT molecular complexity index is 1050. The third-order valence-electron chi connectivity index (χ3n) is 5.65. The normalized spacial score (nSPS) is 21.8. The van der Waals surface area contributed by atoms with Crippen LogP contribution in [0.2, 0.25) is 5.02 Å². The zero-order chi connectivity index (χ0) is 22.3. The Morgan fingerprint density at radius 1 is 1.00 bits per heavy atom. The molecule has 2 heterocycles. The van der Waals surface area contributed by atoms with E-state index in [1.165, 1.54) is 4.90 Å². The third-order valence-corrected chi connectivity index (χ3v) is 6.06. The van der Waals surface area contributed by atoms with Crippen LogP contribution in [0, 0.1) is 6.92 Å². The molecule has 0 saturated carbocycles. The van der Waals surface area contributed by atoms with Gasteiger partial charge >= 0.3 is 0 Å². The molecule has 1 fully saturated rings. The summed E-state index contributed by atoms with van der Waals surface area (Å²) in [7, 11) is 1.59. The molecule has 0 bridgehead atoms. The summed E-state index contributed by atoms with van der Waals surface area (Å²) in [4.78, 5) is 30.6. The number of amides is 2. The van der Waals surface area contributed by atoms with E-state index in [-0.39, 0.29) is 24.0 Å². The maximum atomic E-state index is 13.7. The number of morpholine rings is 1. The van der Waals surface area contributed by atoms with Crippen molar-refractivity contribution >= 4 is 34.7 Å². The average Bonchev–Trinajstić information content (AvgIpc) is 3.00. The van der Waals surface area contributed by atoms with Crippen LogP contribution in [0.5, 0.6) is 5.75 Å². The summed E-state index contributed by atoms with van der Waals surface area (Å²) in [6, 6.07) is 12.4.